The highest BCUT2D eigenvalue weighted by Gasteiger charge is 2.58. The normalized spacial score (nSPS) is 32.8. The molecule has 13 heavy (non-hydrogen) atoms. The number of imide groups is 1. The summed E-state index contributed by atoms with van der Waals surface area (Å²) in [4.78, 5) is 23.8. The summed E-state index contributed by atoms with van der Waals surface area (Å²) in [6.45, 7) is 0.0305. The second-order valence-electron chi connectivity index (χ2n) is 3.33. The average Bonchev–Trinajstić information content (AvgIpc) is 2.86. The maximum Gasteiger partial charge on any atom is 0.233 e. The fourth-order valence-electron chi connectivity index (χ4n) is 1.63. The lowest BCUT2D eigenvalue weighted by Gasteiger charge is -2.15. The summed E-state index contributed by atoms with van der Waals surface area (Å²) in [5, 5.41) is 7.63. The van der Waals surface area contributed by atoms with Gasteiger partial charge in [-0.05, 0) is 6.42 Å². The van der Waals surface area contributed by atoms with Gasteiger partial charge in [-0.3, -0.25) is 14.5 Å². The number of alkyl halides is 1. The van der Waals surface area contributed by atoms with Gasteiger partial charge in [-0.15, -0.1) is 11.6 Å². The summed E-state index contributed by atoms with van der Waals surface area (Å²) >= 11 is 5.53. The van der Waals surface area contributed by atoms with Crippen LogP contribution < -0.4 is 0 Å². The summed E-state index contributed by atoms with van der Waals surface area (Å²) in [5.41, 5.74) is 0. The Labute approximate surface area is 80.1 Å². The molecule has 1 heterocycles. The van der Waals surface area contributed by atoms with Crippen LogP contribution in [0, 0.1) is 23.2 Å². The van der Waals surface area contributed by atoms with Gasteiger partial charge in [0.15, 0.2) is 0 Å². The predicted molar refractivity (Wildman–Crippen MR) is 43.6 cm³/mol. The van der Waals surface area contributed by atoms with E-state index < -0.39 is 5.38 Å². The van der Waals surface area contributed by atoms with Crippen LogP contribution in [0.5, 0.6) is 0 Å². The third-order valence-corrected chi connectivity index (χ3v) is 2.68. The van der Waals surface area contributed by atoms with Gasteiger partial charge >= 0.3 is 0 Å². The molecule has 5 heteroatoms. The molecule has 0 spiro atoms. The Balaban J connectivity index is 2.05. The van der Waals surface area contributed by atoms with Crippen LogP contribution in [0.15, 0.2) is 0 Å². The molecule has 3 atom stereocenters. The number of nitrogens with zero attached hydrogens (tertiary/aromatic N) is 2. The third kappa shape index (κ3) is 1.20. The van der Waals surface area contributed by atoms with E-state index in [9.17, 15) is 9.59 Å². The standard InChI is InChI=1S/C8H7ClN2O2/c9-4(2-10)3-11-7(12)5-1-6(5)8(11)13/h4-6H,1,3H2. The van der Waals surface area contributed by atoms with Gasteiger partial charge in [-0.25, -0.2) is 0 Å². The maximum absolute atomic E-state index is 11.3. The monoisotopic (exact) mass is 198 g/mol. The summed E-state index contributed by atoms with van der Waals surface area (Å²) in [5.74, 6) is -0.517. The Morgan fingerprint density at radius 1 is 1.54 bits per heavy atom. The summed E-state index contributed by atoms with van der Waals surface area (Å²) < 4.78 is 0. The molecule has 0 N–H and O–H groups in total. The van der Waals surface area contributed by atoms with Crippen molar-refractivity contribution in [2.75, 3.05) is 6.54 Å². The van der Waals surface area contributed by atoms with Gasteiger partial charge in [-0.2, -0.15) is 5.26 Å². The topological polar surface area (TPSA) is 61.2 Å². The zero-order valence-corrected chi connectivity index (χ0v) is 7.49. The van der Waals surface area contributed by atoms with Crippen LogP contribution in [0.3, 0.4) is 0 Å². The van der Waals surface area contributed by atoms with Crippen LogP contribution in [0.2, 0.25) is 0 Å². The lowest BCUT2D eigenvalue weighted by molar-refractivity contribution is -0.141. The highest BCUT2D eigenvalue weighted by atomic mass is 35.5. The van der Waals surface area contributed by atoms with Gasteiger partial charge in [-0.1, -0.05) is 0 Å². The van der Waals surface area contributed by atoms with Gasteiger partial charge in [0.2, 0.25) is 11.8 Å². The molecule has 2 aliphatic rings. The molecule has 0 radical (unpaired) electrons. The lowest BCUT2D eigenvalue weighted by Crippen LogP contribution is -2.37. The molecule has 1 saturated heterocycles. The highest BCUT2D eigenvalue weighted by Crippen LogP contribution is 2.46. The molecule has 0 aromatic rings. The first-order chi connectivity index (χ1) is 6.15. The Morgan fingerprint density at radius 3 is 2.54 bits per heavy atom. The Hall–Kier alpha value is -1.08. The number of fused-ring (bicyclic) bond motifs is 1. The zero-order chi connectivity index (χ0) is 9.59. The fourth-order valence-corrected chi connectivity index (χ4v) is 1.77. The number of hydrogen-bond acceptors (Lipinski definition) is 3. The molecule has 0 aromatic heterocycles. The summed E-state index contributed by atoms with van der Waals surface area (Å²) in [7, 11) is 0. The number of piperidine rings is 1. The van der Waals surface area contributed by atoms with Gasteiger partial charge < -0.3 is 0 Å². The van der Waals surface area contributed by atoms with E-state index in [1.54, 1.807) is 6.07 Å². The molecule has 2 fully saturated rings. The van der Waals surface area contributed by atoms with Crippen LogP contribution in [-0.4, -0.2) is 28.6 Å². The smallest absolute Gasteiger partial charge is 0.233 e. The maximum atomic E-state index is 11.3. The molecule has 0 bridgehead atoms. The number of likely N-dealkylation sites (tertiary alicyclic amines) is 1. The van der Waals surface area contributed by atoms with E-state index >= 15 is 0 Å². The molecule has 0 aromatic carbocycles. The van der Waals surface area contributed by atoms with Gasteiger partial charge in [0.25, 0.3) is 0 Å². The number of halogens is 1. The van der Waals surface area contributed by atoms with Crippen molar-refractivity contribution in [3.05, 3.63) is 0 Å². The molecule has 68 valence electrons. The molecule has 4 nitrogen and oxygen atoms in total. The number of carbonyl (C=O) groups excluding carboxylic acids is 2. The van der Waals surface area contributed by atoms with E-state index in [0.717, 1.165) is 4.90 Å². The second kappa shape index (κ2) is 2.71. The largest absolute Gasteiger partial charge is 0.280 e. The Morgan fingerprint density at radius 2 is 2.08 bits per heavy atom. The van der Waals surface area contributed by atoms with Crippen molar-refractivity contribution >= 4 is 23.4 Å². The molecule has 1 aliphatic heterocycles. The molecule has 1 saturated carbocycles. The van der Waals surface area contributed by atoms with Gasteiger partial charge in [0.05, 0.1) is 24.4 Å². The van der Waals surface area contributed by atoms with Crippen molar-refractivity contribution in [1.82, 2.24) is 4.90 Å². The number of rotatable bonds is 2. The fraction of sp³-hybridized carbons (Fsp3) is 0.625. The summed E-state index contributed by atoms with van der Waals surface area (Å²) in [6, 6.07) is 1.78. The van der Waals surface area contributed by atoms with Crippen molar-refractivity contribution in [3.8, 4) is 6.07 Å². The van der Waals surface area contributed by atoms with Crippen LogP contribution in [0.4, 0.5) is 0 Å². The SMILES string of the molecule is N#CC(Cl)CN1C(=O)C2CC2C1=O. The van der Waals surface area contributed by atoms with Crippen molar-refractivity contribution in [2.24, 2.45) is 11.8 Å². The van der Waals surface area contributed by atoms with E-state index in [-0.39, 0.29) is 30.2 Å². The molecular weight excluding hydrogens is 192 g/mol. The first-order valence-electron chi connectivity index (χ1n) is 4.04. The Kier molecular flexibility index (Phi) is 1.77. The van der Waals surface area contributed by atoms with E-state index in [0.29, 0.717) is 6.42 Å². The minimum absolute atomic E-state index is 0.0305. The van der Waals surface area contributed by atoms with E-state index in [1.165, 1.54) is 0 Å². The first-order valence-corrected chi connectivity index (χ1v) is 4.47. The molecular formula is C8H7ClN2O2. The molecule has 1 aliphatic carbocycles. The molecule has 2 rings (SSSR count). The number of amides is 2. The van der Waals surface area contributed by atoms with Gasteiger partial charge in [0.1, 0.15) is 5.38 Å². The number of carbonyl (C=O) groups is 2. The van der Waals surface area contributed by atoms with Crippen LogP contribution in [0.25, 0.3) is 0 Å². The molecule has 3 unspecified atom stereocenters. The highest BCUT2D eigenvalue weighted by molar-refractivity contribution is 6.23. The second-order valence-corrected chi connectivity index (χ2v) is 3.86. The first kappa shape index (κ1) is 8.52. The molecule has 2 amide bonds. The zero-order valence-electron chi connectivity index (χ0n) is 6.74. The average molecular weight is 199 g/mol. The van der Waals surface area contributed by atoms with Crippen molar-refractivity contribution in [1.29, 1.82) is 5.26 Å². The van der Waals surface area contributed by atoms with E-state index in [2.05, 4.69) is 0 Å². The van der Waals surface area contributed by atoms with Gasteiger partial charge in [0, 0.05) is 0 Å². The number of nitriles is 1. The minimum atomic E-state index is -0.787. The van der Waals surface area contributed by atoms with Crippen molar-refractivity contribution in [2.45, 2.75) is 11.8 Å². The van der Waals surface area contributed by atoms with E-state index in [1.807, 2.05) is 0 Å². The van der Waals surface area contributed by atoms with Crippen molar-refractivity contribution < 1.29 is 9.59 Å². The quantitative estimate of drug-likeness (QED) is 0.468. The third-order valence-electron chi connectivity index (χ3n) is 2.44. The predicted octanol–water partition coefficient (Wildman–Crippen LogP) is 0.122. The van der Waals surface area contributed by atoms with Crippen LogP contribution >= 0.6 is 11.6 Å². The number of hydrogen-bond donors (Lipinski definition) is 0. The van der Waals surface area contributed by atoms with Crippen LogP contribution in [0.1, 0.15) is 6.42 Å². The van der Waals surface area contributed by atoms with Crippen LogP contribution in [-0.2, 0) is 9.59 Å². The summed E-state index contributed by atoms with van der Waals surface area (Å²) in [6.07, 6.45) is 0.688. The minimum Gasteiger partial charge on any atom is -0.280 e. The van der Waals surface area contributed by atoms with E-state index in [4.69, 9.17) is 16.9 Å². The lowest BCUT2D eigenvalue weighted by atomic mass is 10.3. The Bertz CT molecular complexity index is 303. The van der Waals surface area contributed by atoms with Crippen molar-refractivity contribution in [3.63, 3.8) is 0 Å².